The highest BCUT2D eigenvalue weighted by Gasteiger charge is 2.26. The van der Waals surface area contributed by atoms with Gasteiger partial charge >= 0.3 is 11.9 Å². The van der Waals surface area contributed by atoms with Gasteiger partial charge in [0.15, 0.2) is 0 Å². The van der Waals surface area contributed by atoms with Gasteiger partial charge in [-0.2, -0.15) is 0 Å². The Kier molecular flexibility index (Phi) is 10.4. The Hall–Kier alpha value is -3.39. The van der Waals surface area contributed by atoms with Gasteiger partial charge in [-0.3, -0.25) is 9.69 Å². The molecule has 3 rings (SSSR count). The van der Waals surface area contributed by atoms with Crippen molar-refractivity contribution in [2.75, 3.05) is 19.7 Å². The molecule has 0 saturated carbocycles. The first-order valence-electron chi connectivity index (χ1n) is 11.1. The van der Waals surface area contributed by atoms with Crippen LogP contribution in [0.1, 0.15) is 43.9 Å². The van der Waals surface area contributed by atoms with Crippen molar-refractivity contribution in [3.63, 3.8) is 0 Å². The number of likely N-dealkylation sites (tertiary alicyclic amines) is 1. The molecule has 1 saturated heterocycles. The quantitative estimate of drug-likeness (QED) is 0.547. The van der Waals surface area contributed by atoms with Crippen LogP contribution in [0.3, 0.4) is 0 Å². The summed E-state index contributed by atoms with van der Waals surface area (Å²) in [5, 5.41) is 18.0. The molecule has 2 aromatic rings. The average Bonchev–Trinajstić information content (AvgIpc) is 2.82. The molecule has 8 nitrogen and oxygen atoms in total. The van der Waals surface area contributed by atoms with Gasteiger partial charge in [-0.05, 0) is 63.0 Å². The molecule has 1 fully saturated rings. The molecule has 1 aliphatic heterocycles. The van der Waals surface area contributed by atoms with E-state index in [1.54, 1.807) is 0 Å². The summed E-state index contributed by atoms with van der Waals surface area (Å²) in [5.74, 6) is -2.42. The molecule has 33 heavy (non-hydrogen) atoms. The van der Waals surface area contributed by atoms with Gasteiger partial charge in [0.25, 0.3) is 0 Å². The molecule has 0 radical (unpaired) electrons. The fourth-order valence-electron chi connectivity index (χ4n) is 3.63. The van der Waals surface area contributed by atoms with Gasteiger partial charge in [0, 0.05) is 12.5 Å². The van der Waals surface area contributed by atoms with Crippen LogP contribution in [0.15, 0.2) is 54.6 Å². The zero-order valence-corrected chi connectivity index (χ0v) is 19.1. The van der Waals surface area contributed by atoms with E-state index in [4.69, 9.17) is 24.5 Å². The van der Waals surface area contributed by atoms with Crippen molar-refractivity contribution in [2.24, 2.45) is 5.92 Å². The van der Waals surface area contributed by atoms with Crippen molar-refractivity contribution in [1.29, 1.82) is 0 Å². The van der Waals surface area contributed by atoms with Crippen LogP contribution in [-0.4, -0.2) is 52.7 Å². The number of rotatable bonds is 7. The third kappa shape index (κ3) is 8.94. The molecule has 8 heteroatoms. The fraction of sp³-hybridized carbons (Fsp3) is 0.400. The predicted molar refractivity (Wildman–Crippen MR) is 124 cm³/mol. The van der Waals surface area contributed by atoms with E-state index in [0.717, 1.165) is 43.8 Å². The zero-order valence-electron chi connectivity index (χ0n) is 19.1. The summed E-state index contributed by atoms with van der Waals surface area (Å²) in [7, 11) is 0. The lowest BCUT2D eigenvalue weighted by Gasteiger charge is -2.32. The Morgan fingerprint density at radius 3 is 2.09 bits per heavy atom. The van der Waals surface area contributed by atoms with Crippen LogP contribution in [0.4, 0.5) is 0 Å². The van der Waals surface area contributed by atoms with Gasteiger partial charge in [-0.25, -0.2) is 9.59 Å². The summed E-state index contributed by atoms with van der Waals surface area (Å²) in [6.45, 7) is 7.60. The van der Waals surface area contributed by atoms with Crippen LogP contribution < -0.4 is 10.1 Å². The van der Waals surface area contributed by atoms with E-state index in [1.807, 2.05) is 44.2 Å². The Balaban J connectivity index is 0.000000569. The second-order valence-corrected chi connectivity index (χ2v) is 7.88. The SMILES string of the molecule is CCOc1ccc(CN2CCC(C(=O)N[C@H](C)c3ccccc3)CC2)cc1.O=C(O)C(=O)O. The molecule has 0 unspecified atom stereocenters. The van der Waals surface area contributed by atoms with Crippen LogP contribution in [-0.2, 0) is 20.9 Å². The van der Waals surface area contributed by atoms with E-state index in [9.17, 15) is 4.79 Å². The molecule has 0 aliphatic carbocycles. The molecule has 178 valence electrons. The molecular weight excluding hydrogens is 424 g/mol. The minimum atomic E-state index is -1.82. The Morgan fingerprint density at radius 2 is 1.58 bits per heavy atom. The Labute approximate surface area is 194 Å². The fourth-order valence-corrected chi connectivity index (χ4v) is 3.63. The van der Waals surface area contributed by atoms with Crippen LogP contribution in [0.5, 0.6) is 5.75 Å². The predicted octanol–water partition coefficient (Wildman–Crippen LogP) is 3.33. The lowest BCUT2D eigenvalue weighted by atomic mass is 9.95. The maximum Gasteiger partial charge on any atom is 0.414 e. The molecule has 0 bridgehead atoms. The number of hydrogen-bond acceptors (Lipinski definition) is 5. The third-order valence-electron chi connectivity index (χ3n) is 5.44. The number of carboxylic acids is 2. The maximum absolute atomic E-state index is 12.6. The van der Waals surface area contributed by atoms with Crippen LogP contribution in [0.2, 0.25) is 0 Å². The van der Waals surface area contributed by atoms with E-state index in [2.05, 4.69) is 34.5 Å². The number of carboxylic acid groups (broad SMARTS) is 2. The molecular formula is C25H32N2O6. The Morgan fingerprint density at radius 1 is 1.00 bits per heavy atom. The van der Waals surface area contributed by atoms with E-state index in [0.29, 0.717) is 6.61 Å². The van der Waals surface area contributed by atoms with Gasteiger partial charge in [0.05, 0.1) is 12.6 Å². The molecule has 3 N–H and O–H groups in total. The molecule has 1 amide bonds. The molecule has 1 heterocycles. The molecule has 2 aromatic carbocycles. The molecule has 1 atom stereocenters. The van der Waals surface area contributed by atoms with Crippen LogP contribution in [0, 0.1) is 5.92 Å². The van der Waals surface area contributed by atoms with E-state index >= 15 is 0 Å². The topological polar surface area (TPSA) is 116 Å². The Bertz CT molecular complexity index is 881. The highest BCUT2D eigenvalue weighted by molar-refractivity contribution is 6.27. The highest BCUT2D eigenvalue weighted by Crippen LogP contribution is 2.22. The number of hydrogen-bond donors (Lipinski definition) is 3. The van der Waals surface area contributed by atoms with Crippen molar-refractivity contribution in [2.45, 2.75) is 39.3 Å². The van der Waals surface area contributed by atoms with E-state index in [-0.39, 0.29) is 17.9 Å². The van der Waals surface area contributed by atoms with Gasteiger partial charge < -0.3 is 20.3 Å². The summed E-state index contributed by atoms with van der Waals surface area (Å²) < 4.78 is 5.50. The van der Waals surface area contributed by atoms with E-state index in [1.165, 1.54) is 5.56 Å². The maximum atomic E-state index is 12.6. The lowest BCUT2D eigenvalue weighted by Crippen LogP contribution is -2.40. The van der Waals surface area contributed by atoms with Gasteiger partial charge in [0.1, 0.15) is 5.75 Å². The number of nitrogens with one attached hydrogen (secondary N) is 1. The normalized spacial score (nSPS) is 15.0. The second kappa shape index (κ2) is 13.2. The van der Waals surface area contributed by atoms with Crippen molar-refractivity contribution in [3.8, 4) is 5.75 Å². The van der Waals surface area contributed by atoms with Crippen molar-refractivity contribution in [3.05, 3.63) is 65.7 Å². The first-order chi connectivity index (χ1) is 15.8. The smallest absolute Gasteiger partial charge is 0.414 e. The van der Waals surface area contributed by atoms with Crippen LogP contribution in [0.25, 0.3) is 0 Å². The summed E-state index contributed by atoms with van der Waals surface area (Å²) in [6.07, 6.45) is 1.84. The lowest BCUT2D eigenvalue weighted by molar-refractivity contribution is -0.159. The standard InChI is InChI=1S/C23H30N2O2.C2H2O4/c1-3-27-22-11-9-19(10-12-22)17-25-15-13-21(14-16-25)23(26)24-18(2)20-7-5-4-6-8-20;3-1(4)2(5)6/h4-12,18,21H,3,13-17H2,1-2H3,(H,24,26);(H,3,4)(H,5,6)/t18-;/m1./s1. The zero-order chi connectivity index (χ0) is 24.2. The van der Waals surface area contributed by atoms with Crippen molar-refractivity contribution in [1.82, 2.24) is 10.2 Å². The summed E-state index contributed by atoms with van der Waals surface area (Å²) in [4.78, 5) is 33.2. The molecule has 0 spiro atoms. The minimum absolute atomic E-state index is 0.0561. The number of nitrogens with zero attached hydrogens (tertiary/aromatic N) is 1. The third-order valence-corrected chi connectivity index (χ3v) is 5.44. The molecule has 0 aromatic heterocycles. The van der Waals surface area contributed by atoms with E-state index < -0.39 is 11.9 Å². The number of carbonyl (C=O) groups is 3. The van der Waals surface area contributed by atoms with Crippen molar-refractivity contribution >= 4 is 17.8 Å². The summed E-state index contributed by atoms with van der Waals surface area (Å²) in [6, 6.07) is 18.5. The summed E-state index contributed by atoms with van der Waals surface area (Å²) in [5.41, 5.74) is 2.44. The second-order valence-electron chi connectivity index (χ2n) is 7.88. The first-order valence-corrected chi connectivity index (χ1v) is 11.1. The summed E-state index contributed by atoms with van der Waals surface area (Å²) >= 11 is 0. The van der Waals surface area contributed by atoms with Gasteiger partial charge in [-0.15, -0.1) is 0 Å². The number of amides is 1. The largest absolute Gasteiger partial charge is 0.494 e. The monoisotopic (exact) mass is 456 g/mol. The number of benzene rings is 2. The molecule has 1 aliphatic rings. The van der Waals surface area contributed by atoms with Crippen LogP contribution >= 0.6 is 0 Å². The number of piperidine rings is 1. The number of aliphatic carboxylic acids is 2. The first kappa shape index (κ1) is 25.9. The van der Waals surface area contributed by atoms with Gasteiger partial charge in [-0.1, -0.05) is 42.5 Å². The van der Waals surface area contributed by atoms with Crippen molar-refractivity contribution < 1.29 is 29.3 Å². The minimum Gasteiger partial charge on any atom is -0.494 e. The average molecular weight is 457 g/mol. The highest BCUT2D eigenvalue weighted by atomic mass is 16.5. The number of carbonyl (C=O) groups excluding carboxylic acids is 1. The number of ether oxygens (including phenoxy) is 1. The van der Waals surface area contributed by atoms with Gasteiger partial charge in [0.2, 0.25) is 5.91 Å².